The maximum absolute atomic E-state index is 13.8. The highest BCUT2D eigenvalue weighted by Gasteiger charge is 2.43. The van der Waals surface area contributed by atoms with Gasteiger partial charge in [0, 0.05) is 42.7 Å². The van der Waals surface area contributed by atoms with Gasteiger partial charge in [0.15, 0.2) is 0 Å². The number of amides is 2. The summed E-state index contributed by atoms with van der Waals surface area (Å²) in [5.41, 5.74) is 3.79. The van der Waals surface area contributed by atoms with Crippen LogP contribution in [0.3, 0.4) is 0 Å². The van der Waals surface area contributed by atoms with Crippen molar-refractivity contribution in [2.45, 2.75) is 51.2 Å². The first kappa shape index (κ1) is 33.0. The highest BCUT2D eigenvalue weighted by Crippen LogP contribution is 2.46. The molecule has 9 heteroatoms. The number of nitrogens with one attached hydrogen (secondary N) is 2. The Hall–Kier alpha value is -3.90. The Morgan fingerprint density at radius 2 is 1.95 bits per heavy atom. The molecule has 1 fully saturated rings. The molecule has 0 saturated carbocycles. The van der Waals surface area contributed by atoms with Gasteiger partial charge < -0.3 is 25.4 Å². The smallest absolute Gasteiger partial charge is 0.406 e. The zero-order chi connectivity index (χ0) is 31.7. The maximum Gasteiger partial charge on any atom is 0.406 e. The first-order valence-corrected chi connectivity index (χ1v) is 15.5. The van der Waals surface area contributed by atoms with Crippen molar-refractivity contribution in [1.82, 2.24) is 15.5 Å². The fourth-order valence-electron chi connectivity index (χ4n) is 6.21. The predicted octanol–water partition coefficient (Wildman–Crippen LogP) is 6.04. The number of carbonyl (C=O) groups is 2. The Kier molecular flexibility index (Phi) is 11.4. The summed E-state index contributed by atoms with van der Waals surface area (Å²) in [7, 11) is 3.14. The highest BCUT2D eigenvalue weighted by molar-refractivity contribution is 6.33. The van der Waals surface area contributed by atoms with Crippen LogP contribution in [0, 0.1) is 17.2 Å². The summed E-state index contributed by atoms with van der Waals surface area (Å²) in [5, 5.41) is 28.9. The minimum Gasteiger partial charge on any atom is -0.453 e. The number of hydrogen-bond acceptors (Lipinski definition) is 6. The fourth-order valence-corrected chi connectivity index (χ4v) is 6.49. The second kappa shape index (κ2) is 15.2. The predicted molar refractivity (Wildman–Crippen MR) is 172 cm³/mol. The van der Waals surface area contributed by atoms with Crippen LogP contribution in [0.25, 0.3) is 11.1 Å². The average molecular weight is 617 g/mol. The number of halogens is 1. The van der Waals surface area contributed by atoms with Gasteiger partial charge in [0.05, 0.1) is 29.9 Å². The lowest BCUT2D eigenvalue weighted by atomic mass is 9.72. The molecular formula is C35H41ClN4O4. The minimum absolute atomic E-state index is 0.223. The molecule has 3 N–H and O–H groups in total. The molecule has 0 spiro atoms. The Bertz CT molecular complexity index is 1520. The largest absolute Gasteiger partial charge is 0.453 e. The average Bonchev–Trinajstić information content (AvgIpc) is 3.06. The quantitative estimate of drug-likeness (QED) is 0.226. The molecule has 1 aliphatic heterocycles. The lowest BCUT2D eigenvalue weighted by Gasteiger charge is -2.44. The zero-order valence-corrected chi connectivity index (χ0v) is 26.4. The number of hydrogen-bond donors (Lipinski definition) is 3. The molecule has 1 aliphatic rings. The van der Waals surface area contributed by atoms with E-state index in [1.165, 1.54) is 7.11 Å². The van der Waals surface area contributed by atoms with Crippen molar-refractivity contribution in [3.05, 3.63) is 93.5 Å². The number of aliphatic hydroxyl groups is 1. The molecule has 44 heavy (non-hydrogen) atoms. The second-order valence-corrected chi connectivity index (χ2v) is 11.7. The van der Waals surface area contributed by atoms with E-state index in [9.17, 15) is 20.0 Å². The summed E-state index contributed by atoms with van der Waals surface area (Å²) in [6.45, 7) is 3.84. The standard InChI is InChI=1S/C35H41ClN4O4/c1-4-24-9-5-10-26(19-24)32-30(12-6-13-31(32)36)35(43,16-8-17-39-34(42)44-3)28-11-7-18-40(23-28)33(41)29-15-14-25(22-38-2)20-27(29)21-37/h5-6,9-10,12-15,19-20,28,38,43H,4,7-8,11,16-18,22-23H2,1-3H3,(H,39,42). The Labute approximate surface area is 265 Å². The van der Waals surface area contributed by atoms with E-state index < -0.39 is 11.7 Å². The van der Waals surface area contributed by atoms with Crippen molar-refractivity contribution in [3.8, 4) is 17.2 Å². The summed E-state index contributed by atoms with van der Waals surface area (Å²) < 4.78 is 4.72. The van der Waals surface area contributed by atoms with Crippen LogP contribution in [-0.4, -0.2) is 55.8 Å². The summed E-state index contributed by atoms with van der Waals surface area (Å²) >= 11 is 6.87. The first-order valence-electron chi connectivity index (χ1n) is 15.1. The van der Waals surface area contributed by atoms with Crippen molar-refractivity contribution < 1.29 is 19.4 Å². The van der Waals surface area contributed by atoms with Gasteiger partial charge >= 0.3 is 6.09 Å². The van der Waals surface area contributed by atoms with Crippen LogP contribution < -0.4 is 10.6 Å². The molecule has 3 aromatic rings. The number of nitrogens with zero attached hydrogens (tertiary/aromatic N) is 2. The molecule has 232 valence electrons. The molecule has 2 atom stereocenters. The molecule has 0 bridgehead atoms. The van der Waals surface area contributed by atoms with Crippen molar-refractivity contribution in [2.24, 2.45) is 5.92 Å². The van der Waals surface area contributed by atoms with Gasteiger partial charge in [0.25, 0.3) is 5.91 Å². The van der Waals surface area contributed by atoms with Crippen LogP contribution in [0.5, 0.6) is 0 Å². The van der Waals surface area contributed by atoms with Crippen molar-refractivity contribution in [1.29, 1.82) is 5.26 Å². The number of ether oxygens (including phenoxy) is 1. The van der Waals surface area contributed by atoms with Gasteiger partial charge in [-0.2, -0.15) is 5.26 Å². The van der Waals surface area contributed by atoms with E-state index in [1.54, 1.807) is 17.0 Å². The van der Waals surface area contributed by atoms with E-state index in [2.05, 4.69) is 35.8 Å². The van der Waals surface area contributed by atoms with Crippen molar-refractivity contribution in [2.75, 3.05) is 33.8 Å². The molecule has 3 aromatic carbocycles. The third-order valence-electron chi connectivity index (χ3n) is 8.49. The molecule has 8 nitrogen and oxygen atoms in total. The number of piperidine rings is 1. The second-order valence-electron chi connectivity index (χ2n) is 11.3. The van der Waals surface area contributed by atoms with E-state index >= 15 is 0 Å². The van der Waals surface area contributed by atoms with Gasteiger partial charge in [-0.1, -0.05) is 61.0 Å². The van der Waals surface area contributed by atoms with Gasteiger partial charge in [-0.15, -0.1) is 0 Å². The Morgan fingerprint density at radius 1 is 1.16 bits per heavy atom. The number of alkyl carbamates (subject to hydrolysis) is 1. The molecule has 0 aromatic heterocycles. The number of carbonyl (C=O) groups excluding carboxylic acids is 2. The molecule has 1 heterocycles. The number of rotatable bonds is 11. The zero-order valence-electron chi connectivity index (χ0n) is 25.7. The molecular weight excluding hydrogens is 576 g/mol. The van der Waals surface area contributed by atoms with Crippen LogP contribution in [0.1, 0.15) is 65.2 Å². The number of aryl methyl sites for hydroxylation is 1. The fraction of sp³-hybridized carbons (Fsp3) is 0.400. The third-order valence-corrected chi connectivity index (χ3v) is 8.81. The van der Waals surface area contributed by atoms with Crippen LogP contribution in [-0.2, 0) is 23.3 Å². The van der Waals surface area contributed by atoms with Crippen LogP contribution >= 0.6 is 11.6 Å². The lowest BCUT2D eigenvalue weighted by Crippen LogP contribution is -2.48. The molecule has 2 amide bonds. The van der Waals surface area contributed by atoms with Gasteiger partial charge in [-0.05, 0) is 79.6 Å². The molecule has 4 rings (SSSR count). The molecule has 2 unspecified atom stereocenters. The number of benzene rings is 3. The summed E-state index contributed by atoms with van der Waals surface area (Å²) in [6.07, 6.45) is 2.52. The van der Waals surface area contributed by atoms with Crippen LogP contribution in [0.4, 0.5) is 4.79 Å². The van der Waals surface area contributed by atoms with E-state index in [-0.39, 0.29) is 11.8 Å². The summed E-state index contributed by atoms with van der Waals surface area (Å²) in [5.74, 6) is -0.544. The molecule has 0 radical (unpaired) electrons. The van der Waals surface area contributed by atoms with Crippen molar-refractivity contribution in [3.63, 3.8) is 0 Å². The molecule has 0 aliphatic carbocycles. The number of likely N-dealkylation sites (tertiary alicyclic amines) is 1. The molecule has 1 saturated heterocycles. The van der Waals surface area contributed by atoms with Crippen LogP contribution in [0.2, 0.25) is 5.02 Å². The van der Waals surface area contributed by atoms with Gasteiger partial charge in [0.2, 0.25) is 0 Å². The van der Waals surface area contributed by atoms with Crippen LogP contribution in [0.15, 0.2) is 60.7 Å². The maximum atomic E-state index is 13.8. The summed E-state index contributed by atoms with van der Waals surface area (Å²) in [4.78, 5) is 27.3. The third kappa shape index (κ3) is 7.41. The van der Waals surface area contributed by atoms with E-state index in [4.69, 9.17) is 16.3 Å². The Morgan fingerprint density at radius 3 is 2.68 bits per heavy atom. The van der Waals surface area contributed by atoms with E-state index in [0.29, 0.717) is 73.6 Å². The Balaban J connectivity index is 1.72. The van der Waals surface area contributed by atoms with Gasteiger partial charge in [-0.3, -0.25) is 4.79 Å². The minimum atomic E-state index is -1.37. The van der Waals surface area contributed by atoms with E-state index in [0.717, 1.165) is 28.7 Å². The van der Waals surface area contributed by atoms with Gasteiger partial charge in [-0.25, -0.2) is 4.79 Å². The van der Waals surface area contributed by atoms with Gasteiger partial charge in [0.1, 0.15) is 0 Å². The van der Waals surface area contributed by atoms with E-state index in [1.807, 2.05) is 43.4 Å². The number of nitriles is 1. The number of methoxy groups -OCH3 is 1. The first-order chi connectivity index (χ1) is 21.2. The lowest BCUT2D eigenvalue weighted by molar-refractivity contribution is -0.0563. The summed E-state index contributed by atoms with van der Waals surface area (Å²) in [6, 6.07) is 21.3. The van der Waals surface area contributed by atoms with Crippen molar-refractivity contribution >= 4 is 23.6 Å². The SMILES string of the molecule is CCc1cccc(-c2c(Cl)cccc2C(O)(CCCNC(=O)OC)C2CCCN(C(=O)c3ccc(CNC)cc3C#N)C2)c1. The normalized spacial score (nSPS) is 16.1. The highest BCUT2D eigenvalue weighted by atomic mass is 35.5. The monoisotopic (exact) mass is 616 g/mol. The topological polar surface area (TPSA) is 115 Å².